The zero-order valence-corrected chi connectivity index (χ0v) is 13.3. The fraction of sp³-hybridized carbons (Fsp3) is 0.333. The molecule has 2 aromatic rings. The molecular formula is C18H24N2O. The lowest BCUT2D eigenvalue weighted by Crippen LogP contribution is -2.21. The summed E-state index contributed by atoms with van der Waals surface area (Å²) in [5.41, 5.74) is 3.84. The first-order valence-corrected chi connectivity index (χ1v) is 7.26. The van der Waals surface area contributed by atoms with Gasteiger partial charge in [0.25, 0.3) is 0 Å². The number of anilines is 1. The standard InChI is InChI=1S/C18H24N2O/c1-14(19-2)17-7-5-6-8-18(17)20(3)13-15-9-11-16(21-4)12-10-15/h5-12,14,19H,13H2,1-4H3. The summed E-state index contributed by atoms with van der Waals surface area (Å²) in [6.45, 7) is 3.05. The van der Waals surface area contributed by atoms with Crippen molar-refractivity contribution in [2.75, 3.05) is 26.1 Å². The molecule has 3 heteroatoms. The molecule has 0 amide bonds. The Morgan fingerprint density at radius 1 is 1.10 bits per heavy atom. The minimum atomic E-state index is 0.333. The average molecular weight is 284 g/mol. The summed E-state index contributed by atoms with van der Waals surface area (Å²) < 4.78 is 5.20. The van der Waals surface area contributed by atoms with E-state index in [0.29, 0.717) is 6.04 Å². The first-order valence-electron chi connectivity index (χ1n) is 7.26. The van der Waals surface area contributed by atoms with Crippen molar-refractivity contribution >= 4 is 5.69 Å². The second-order valence-electron chi connectivity index (χ2n) is 5.27. The first kappa shape index (κ1) is 15.4. The number of hydrogen-bond acceptors (Lipinski definition) is 3. The normalized spacial score (nSPS) is 12.0. The number of hydrogen-bond donors (Lipinski definition) is 1. The fourth-order valence-corrected chi connectivity index (χ4v) is 2.45. The van der Waals surface area contributed by atoms with Crippen LogP contribution in [0.1, 0.15) is 24.1 Å². The van der Waals surface area contributed by atoms with Gasteiger partial charge in [-0.1, -0.05) is 30.3 Å². The Hall–Kier alpha value is -2.00. The third-order valence-electron chi connectivity index (χ3n) is 3.83. The summed E-state index contributed by atoms with van der Waals surface area (Å²) in [6.07, 6.45) is 0. The second-order valence-corrected chi connectivity index (χ2v) is 5.27. The van der Waals surface area contributed by atoms with Gasteiger partial charge in [0.1, 0.15) is 5.75 Å². The lowest BCUT2D eigenvalue weighted by molar-refractivity contribution is 0.414. The molecule has 0 aliphatic carbocycles. The summed E-state index contributed by atoms with van der Waals surface area (Å²) >= 11 is 0. The Bertz CT molecular complexity index is 566. The Morgan fingerprint density at radius 3 is 2.38 bits per heavy atom. The number of ether oxygens (including phenoxy) is 1. The minimum absolute atomic E-state index is 0.333. The molecule has 0 aliphatic rings. The molecule has 112 valence electrons. The van der Waals surface area contributed by atoms with Gasteiger partial charge in [0, 0.05) is 25.3 Å². The molecule has 0 heterocycles. The van der Waals surface area contributed by atoms with Gasteiger partial charge in [-0.3, -0.25) is 0 Å². The molecular weight excluding hydrogens is 260 g/mol. The van der Waals surface area contributed by atoms with Crippen LogP contribution >= 0.6 is 0 Å². The van der Waals surface area contributed by atoms with E-state index in [0.717, 1.165) is 12.3 Å². The number of nitrogens with one attached hydrogen (secondary N) is 1. The van der Waals surface area contributed by atoms with Gasteiger partial charge >= 0.3 is 0 Å². The highest BCUT2D eigenvalue weighted by Gasteiger charge is 2.11. The zero-order chi connectivity index (χ0) is 15.2. The van der Waals surface area contributed by atoms with Crippen molar-refractivity contribution in [1.82, 2.24) is 5.32 Å². The van der Waals surface area contributed by atoms with E-state index in [1.807, 2.05) is 19.2 Å². The van der Waals surface area contributed by atoms with E-state index in [4.69, 9.17) is 4.74 Å². The topological polar surface area (TPSA) is 24.5 Å². The number of methoxy groups -OCH3 is 1. The van der Waals surface area contributed by atoms with Crippen molar-refractivity contribution in [2.45, 2.75) is 19.5 Å². The van der Waals surface area contributed by atoms with Crippen molar-refractivity contribution < 1.29 is 4.74 Å². The van der Waals surface area contributed by atoms with Crippen LogP contribution in [-0.4, -0.2) is 21.2 Å². The van der Waals surface area contributed by atoms with Gasteiger partial charge in [0.2, 0.25) is 0 Å². The van der Waals surface area contributed by atoms with Crippen molar-refractivity contribution in [3.05, 3.63) is 59.7 Å². The third-order valence-corrected chi connectivity index (χ3v) is 3.83. The molecule has 0 aromatic heterocycles. The number of rotatable bonds is 6. The van der Waals surface area contributed by atoms with Crippen LogP contribution in [0.5, 0.6) is 5.75 Å². The fourth-order valence-electron chi connectivity index (χ4n) is 2.45. The Labute approximate surface area is 127 Å². The summed E-state index contributed by atoms with van der Waals surface area (Å²) in [6, 6.07) is 17.1. The van der Waals surface area contributed by atoms with E-state index < -0.39 is 0 Å². The SMILES string of the molecule is CNC(C)c1ccccc1N(C)Cc1ccc(OC)cc1. The molecule has 0 bridgehead atoms. The molecule has 3 nitrogen and oxygen atoms in total. The highest BCUT2D eigenvalue weighted by Crippen LogP contribution is 2.26. The van der Waals surface area contributed by atoms with E-state index in [-0.39, 0.29) is 0 Å². The van der Waals surface area contributed by atoms with Crippen molar-refractivity contribution in [1.29, 1.82) is 0 Å². The molecule has 1 N–H and O–H groups in total. The smallest absolute Gasteiger partial charge is 0.118 e. The van der Waals surface area contributed by atoms with E-state index in [1.54, 1.807) is 7.11 Å². The van der Waals surface area contributed by atoms with Crippen LogP contribution in [0, 0.1) is 0 Å². The lowest BCUT2D eigenvalue weighted by Gasteiger charge is -2.25. The van der Waals surface area contributed by atoms with Gasteiger partial charge in [0.05, 0.1) is 7.11 Å². The quantitative estimate of drug-likeness (QED) is 0.877. The Balaban J connectivity index is 2.17. The molecule has 0 saturated carbocycles. The van der Waals surface area contributed by atoms with Gasteiger partial charge in [-0.2, -0.15) is 0 Å². The highest BCUT2D eigenvalue weighted by atomic mass is 16.5. The van der Waals surface area contributed by atoms with E-state index in [9.17, 15) is 0 Å². The molecule has 0 spiro atoms. The monoisotopic (exact) mass is 284 g/mol. The molecule has 2 aromatic carbocycles. The van der Waals surface area contributed by atoms with Crippen LogP contribution in [0.15, 0.2) is 48.5 Å². The zero-order valence-electron chi connectivity index (χ0n) is 13.3. The molecule has 2 rings (SSSR count). The minimum Gasteiger partial charge on any atom is -0.497 e. The Kier molecular flexibility index (Phi) is 5.23. The van der Waals surface area contributed by atoms with E-state index >= 15 is 0 Å². The number of nitrogens with zero attached hydrogens (tertiary/aromatic N) is 1. The van der Waals surface area contributed by atoms with Gasteiger partial charge in [-0.05, 0) is 43.3 Å². The summed E-state index contributed by atoms with van der Waals surface area (Å²) in [4.78, 5) is 2.28. The molecule has 0 fully saturated rings. The maximum absolute atomic E-state index is 5.20. The van der Waals surface area contributed by atoms with Crippen molar-refractivity contribution in [3.8, 4) is 5.75 Å². The summed E-state index contributed by atoms with van der Waals surface area (Å²) in [5.74, 6) is 0.894. The molecule has 0 aliphatic heterocycles. The van der Waals surface area contributed by atoms with Crippen molar-refractivity contribution in [3.63, 3.8) is 0 Å². The lowest BCUT2D eigenvalue weighted by atomic mass is 10.0. The largest absolute Gasteiger partial charge is 0.497 e. The molecule has 0 saturated heterocycles. The van der Waals surface area contributed by atoms with Gasteiger partial charge in [0.15, 0.2) is 0 Å². The predicted octanol–water partition coefficient (Wildman–Crippen LogP) is 3.61. The van der Waals surface area contributed by atoms with Gasteiger partial charge < -0.3 is 15.0 Å². The summed E-state index contributed by atoms with van der Waals surface area (Å²) in [7, 11) is 5.81. The van der Waals surface area contributed by atoms with Gasteiger partial charge in [-0.25, -0.2) is 0 Å². The van der Waals surface area contributed by atoms with E-state index in [2.05, 4.69) is 60.6 Å². The van der Waals surface area contributed by atoms with Crippen LogP contribution in [0.3, 0.4) is 0 Å². The average Bonchev–Trinajstić information content (AvgIpc) is 2.54. The Morgan fingerprint density at radius 2 is 1.76 bits per heavy atom. The van der Waals surface area contributed by atoms with Crippen LogP contribution in [-0.2, 0) is 6.54 Å². The van der Waals surface area contributed by atoms with Gasteiger partial charge in [-0.15, -0.1) is 0 Å². The van der Waals surface area contributed by atoms with Crippen LogP contribution < -0.4 is 15.0 Å². The van der Waals surface area contributed by atoms with E-state index in [1.165, 1.54) is 16.8 Å². The number of benzene rings is 2. The first-order chi connectivity index (χ1) is 10.2. The van der Waals surface area contributed by atoms with Crippen molar-refractivity contribution in [2.24, 2.45) is 0 Å². The maximum atomic E-state index is 5.20. The maximum Gasteiger partial charge on any atom is 0.118 e. The number of para-hydroxylation sites is 1. The highest BCUT2D eigenvalue weighted by molar-refractivity contribution is 5.54. The van der Waals surface area contributed by atoms with Crippen LogP contribution in [0.4, 0.5) is 5.69 Å². The molecule has 0 radical (unpaired) electrons. The molecule has 21 heavy (non-hydrogen) atoms. The second kappa shape index (κ2) is 7.14. The summed E-state index contributed by atoms with van der Waals surface area (Å²) in [5, 5.41) is 3.31. The predicted molar refractivity (Wildman–Crippen MR) is 89.0 cm³/mol. The van der Waals surface area contributed by atoms with Crippen LogP contribution in [0.25, 0.3) is 0 Å². The van der Waals surface area contributed by atoms with Crippen LogP contribution in [0.2, 0.25) is 0 Å². The molecule has 1 atom stereocenters. The third kappa shape index (κ3) is 3.76. The molecule has 1 unspecified atom stereocenters.